The van der Waals surface area contributed by atoms with E-state index in [1.807, 2.05) is 13.8 Å². The molecule has 16 heavy (non-hydrogen) atoms. The highest BCUT2D eigenvalue weighted by molar-refractivity contribution is 5.94. The van der Waals surface area contributed by atoms with Crippen molar-refractivity contribution < 1.29 is 14.3 Å². The molecule has 0 saturated heterocycles. The van der Waals surface area contributed by atoms with Gasteiger partial charge in [-0.05, 0) is 18.1 Å². The lowest BCUT2D eigenvalue weighted by Crippen LogP contribution is -2.28. The molecule has 0 saturated carbocycles. The largest absolute Gasteiger partial charge is 0.508 e. The molecular weight excluding hydrogens is 209 g/mol. The number of hydrogen-bond acceptors (Lipinski definition) is 2. The molecule has 4 heteroatoms. The van der Waals surface area contributed by atoms with Gasteiger partial charge in [0.15, 0.2) is 0 Å². The SMILES string of the molecule is CCC(C)CNC(=O)c1ccc(O)cc1F. The number of amides is 1. The molecule has 0 aliphatic rings. The van der Waals surface area contributed by atoms with E-state index in [2.05, 4.69) is 5.32 Å². The van der Waals surface area contributed by atoms with Crippen molar-refractivity contribution in [3.05, 3.63) is 29.6 Å². The molecule has 0 bridgehead atoms. The first-order chi connectivity index (χ1) is 7.54. The summed E-state index contributed by atoms with van der Waals surface area (Å²) in [4.78, 5) is 11.6. The number of nitrogens with one attached hydrogen (secondary N) is 1. The Morgan fingerprint density at radius 3 is 2.81 bits per heavy atom. The minimum Gasteiger partial charge on any atom is -0.508 e. The monoisotopic (exact) mass is 225 g/mol. The first-order valence-corrected chi connectivity index (χ1v) is 5.31. The van der Waals surface area contributed by atoms with Crippen molar-refractivity contribution >= 4 is 5.91 Å². The van der Waals surface area contributed by atoms with Gasteiger partial charge in [-0.25, -0.2) is 4.39 Å². The quantitative estimate of drug-likeness (QED) is 0.826. The van der Waals surface area contributed by atoms with Gasteiger partial charge in [0.2, 0.25) is 0 Å². The Hall–Kier alpha value is -1.58. The Morgan fingerprint density at radius 1 is 1.56 bits per heavy atom. The molecule has 1 atom stereocenters. The second-order valence-corrected chi connectivity index (χ2v) is 3.89. The number of carbonyl (C=O) groups is 1. The van der Waals surface area contributed by atoms with Gasteiger partial charge in [0.1, 0.15) is 11.6 Å². The molecule has 1 aromatic carbocycles. The third kappa shape index (κ3) is 3.22. The summed E-state index contributed by atoms with van der Waals surface area (Å²) in [7, 11) is 0. The molecule has 88 valence electrons. The van der Waals surface area contributed by atoms with Crippen LogP contribution in [-0.4, -0.2) is 17.6 Å². The maximum Gasteiger partial charge on any atom is 0.254 e. The smallest absolute Gasteiger partial charge is 0.254 e. The van der Waals surface area contributed by atoms with Crippen LogP contribution in [0.15, 0.2) is 18.2 Å². The van der Waals surface area contributed by atoms with Crippen molar-refractivity contribution in [2.75, 3.05) is 6.54 Å². The molecule has 0 heterocycles. The van der Waals surface area contributed by atoms with E-state index in [9.17, 15) is 9.18 Å². The Labute approximate surface area is 94.3 Å². The highest BCUT2D eigenvalue weighted by Crippen LogP contribution is 2.14. The van der Waals surface area contributed by atoms with E-state index >= 15 is 0 Å². The van der Waals surface area contributed by atoms with E-state index in [1.165, 1.54) is 12.1 Å². The van der Waals surface area contributed by atoms with Gasteiger partial charge in [-0.15, -0.1) is 0 Å². The number of phenolic OH excluding ortho intramolecular Hbond substituents is 1. The fraction of sp³-hybridized carbons (Fsp3) is 0.417. The molecule has 0 radical (unpaired) electrons. The van der Waals surface area contributed by atoms with E-state index in [1.54, 1.807) is 0 Å². The minimum atomic E-state index is -0.707. The summed E-state index contributed by atoms with van der Waals surface area (Å²) in [5.74, 6) is -0.973. The zero-order valence-corrected chi connectivity index (χ0v) is 9.46. The number of phenols is 1. The van der Waals surface area contributed by atoms with Crippen molar-refractivity contribution in [3.8, 4) is 5.75 Å². The van der Waals surface area contributed by atoms with Crippen molar-refractivity contribution in [1.82, 2.24) is 5.32 Å². The van der Waals surface area contributed by atoms with Crippen LogP contribution in [0, 0.1) is 11.7 Å². The summed E-state index contributed by atoms with van der Waals surface area (Å²) in [6.45, 7) is 4.56. The molecule has 1 aromatic rings. The molecule has 1 amide bonds. The summed E-state index contributed by atoms with van der Waals surface area (Å²) in [5.41, 5.74) is -0.0406. The first-order valence-electron chi connectivity index (χ1n) is 5.31. The average Bonchev–Trinajstić information content (AvgIpc) is 2.25. The van der Waals surface area contributed by atoms with Crippen LogP contribution in [0.2, 0.25) is 0 Å². The lowest BCUT2D eigenvalue weighted by molar-refractivity contribution is 0.0944. The number of aromatic hydroxyl groups is 1. The maximum absolute atomic E-state index is 13.3. The predicted molar refractivity (Wildman–Crippen MR) is 59.9 cm³/mol. The van der Waals surface area contributed by atoms with Gasteiger partial charge in [-0.3, -0.25) is 4.79 Å². The summed E-state index contributed by atoms with van der Waals surface area (Å²) < 4.78 is 13.3. The summed E-state index contributed by atoms with van der Waals surface area (Å²) in [6, 6.07) is 3.50. The van der Waals surface area contributed by atoms with Crippen LogP contribution in [0.1, 0.15) is 30.6 Å². The second-order valence-electron chi connectivity index (χ2n) is 3.89. The lowest BCUT2D eigenvalue weighted by atomic mass is 10.1. The van der Waals surface area contributed by atoms with Gasteiger partial charge in [-0.1, -0.05) is 20.3 Å². The first kappa shape index (κ1) is 12.5. The Morgan fingerprint density at radius 2 is 2.25 bits per heavy atom. The fourth-order valence-electron chi connectivity index (χ4n) is 1.19. The van der Waals surface area contributed by atoms with Crippen LogP contribution >= 0.6 is 0 Å². The summed E-state index contributed by atoms with van der Waals surface area (Å²) in [6.07, 6.45) is 0.957. The molecule has 2 N–H and O–H groups in total. The van der Waals surface area contributed by atoms with Crippen LogP contribution in [-0.2, 0) is 0 Å². The zero-order chi connectivity index (χ0) is 12.1. The molecule has 0 spiro atoms. The standard InChI is InChI=1S/C12H16FNO2/c1-3-8(2)7-14-12(16)10-5-4-9(15)6-11(10)13/h4-6,8,15H,3,7H2,1-2H3,(H,14,16). The summed E-state index contributed by atoms with van der Waals surface area (Å²) in [5, 5.41) is 11.7. The van der Waals surface area contributed by atoms with Crippen molar-refractivity contribution in [2.24, 2.45) is 5.92 Å². The fourth-order valence-corrected chi connectivity index (χ4v) is 1.19. The molecule has 0 aliphatic heterocycles. The Kier molecular flexibility index (Phi) is 4.28. The topological polar surface area (TPSA) is 49.3 Å². The molecular formula is C12H16FNO2. The van der Waals surface area contributed by atoms with E-state index < -0.39 is 11.7 Å². The Bertz CT molecular complexity index is 379. The van der Waals surface area contributed by atoms with Crippen LogP contribution in [0.3, 0.4) is 0 Å². The highest BCUT2D eigenvalue weighted by Gasteiger charge is 2.12. The van der Waals surface area contributed by atoms with Gasteiger partial charge in [0.25, 0.3) is 5.91 Å². The molecule has 0 aliphatic carbocycles. The molecule has 3 nitrogen and oxygen atoms in total. The van der Waals surface area contributed by atoms with Crippen LogP contribution in [0.5, 0.6) is 5.75 Å². The van der Waals surface area contributed by atoms with Crippen LogP contribution < -0.4 is 5.32 Å². The second kappa shape index (κ2) is 5.49. The van der Waals surface area contributed by atoms with E-state index in [-0.39, 0.29) is 11.3 Å². The minimum absolute atomic E-state index is 0.0406. The maximum atomic E-state index is 13.3. The van der Waals surface area contributed by atoms with Gasteiger partial charge < -0.3 is 10.4 Å². The lowest BCUT2D eigenvalue weighted by Gasteiger charge is -2.10. The number of halogens is 1. The molecule has 0 fully saturated rings. The highest BCUT2D eigenvalue weighted by atomic mass is 19.1. The van der Waals surface area contributed by atoms with E-state index in [0.717, 1.165) is 12.5 Å². The third-order valence-corrected chi connectivity index (χ3v) is 2.51. The average molecular weight is 225 g/mol. The number of carbonyl (C=O) groups excluding carboxylic acids is 1. The summed E-state index contributed by atoms with van der Waals surface area (Å²) >= 11 is 0. The molecule has 0 aromatic heterocycles. The number of rotatable bonds is 4. The van der Waals surface area contributed by atoms with Gasteiger partial charge in [0.05, 0.1) is 5.56 Å². The van der Waals surface area contributed by atoms with Crippen molar-refractivity contribution in [3.63, 3.8) is 0 Å². The van der Waals surface area contributed by atoms with E-state index in [4.69, 9.17) is 5.11 Å². The predicted octanol–water partition coefficient (Wildman–Crippen LogP) is 2.31. The van der Waals surface area contributed by atoms with Crippen LogP contribution in [0.25, 0.3) is 0 Å². The van der Waals surface area contributed by atoms with Gasteiger partial charge in [-0.2, -0.15) is 0 Å². The van der Waals surface area contributed by atoms with E-state index in [0.29, 0.717) is 12.5 Å². The zero-order valence-electron chi connectivity index (χ0n) is 9.46. The van der Waals surface area contributed by atoms with Gasteiger partial charge >= 0.3 is 0 Å². The van der Waals surface area contributed by atoms with Crippen molar-refractivity contribution in [2.45, 2.75) is 20.3 Å². The van der Waals surface area contributed by atoms with Crippen molar-refractivity contribution in [1.29, 1.82) is 0 Å². The number of hydrogen-bond donors (Lipinski definition) is 2. The van der Waals surface area contributed by atoms with Crippen LogP contribution in [0.4, 0.5) is 4.39 Å². The Balaban J connectivity index is 2.66. The number of benzene rings is 1. The molecule has 1 unspecified atom stereocenters. The third-order valence-electron chi connectivity index (χ3n) is 2.51. The molecule has 1 rings (SSSR count). The normalized spacial score (nSPS) is 12.2. The van der Waals surface area contributed by atoms with Gasteiger partial charge in [0, 0.05) is 12.6 Å².